The molecular formula is C16H26N2O2. The van der Waals surface area contributed by atoms with E-state index in [-0.39, 0.29) is 0 Å². The summed E-state index contributed by atoms with van der Waals surface area (Å²) in [5.41, 5.74) is 2.47. The Morgan fingerprint density at radius 2 is 1.70 bits per heavy atom. The summed E-state index contributed by atoms with van der Waals surface area (Å²) in [6.45, 7) is 5.83. The predicted octanol–water partition coefficient (Wildman–Crippen LogP) is 2.94. The molecule has 2 heterocycles. The van der Waals surface area contributed by atoms with Crippen LogP contribution >= 0.6 is 0 Å². The SMILES string of the molecule is CN1CCCC1.COc1cc2c(cc1OC)C(C)CN2. The van der Waals surface area contributed by atoms with Crippen molar-refractivity contribution in [3.05, 3.63) is 17.7 Å². The van der Waals surface area contributed by atoms with Crippen LogP contribution in [0.3, 0.4) is 0 Å². The molecule has 1 atom stereocenters. The fourth-order valence-electron chi connectivity index (χ4n) is 2.70. The molecule has 0 radical (unpaired) electrons. The molecule has 2 aliphatic heterocycles. The zero-order valence-electron chi connectivity index (χ0n) is 13.0. The second-order valence-electron chi connectivity index (χ2n) is 5.59. The van der Waals surface area contributed by atoms with Crippen molar-refractivity contribution in [2.24, 2.45) is 0 Å². The van der Waals surface area contributed by atoms with Crippen LogP contribution in [0.4, 0.5) is 5.69 Å². The van der Waals surface area contributed by atoms with Gasteiger partial charge in [-0.15, -0.1) is 0 Å². The molecule has 0 aromatic heterocycles. The molecule has 0 saturated carbocycles. The molecule has 0 spiro atoms. The van der Waals surface area contributed by atoms with Crippen molar-refractivity contribution < 1.29 is 9.47 Å². The van der Waals surface area contributed by atoms with Gasteiger partial charge in [-0.2, -0.15) is 0 Å². The van der Waals surface area contributed by atoms with E-state index in [9.17, 15) is 0 Å². The molecule has 3 rings (SSSR count). The molecule has 2 aliphatic rings. The lowest BCUT2D eigenvalue weighted by molar-refractivity contribution is 0.355. The van der Waals surface area contributed by atoms with Gasteiger partial charge >= 0.3 is 0 Å². The van der Waals surface area contributed by atoms with Crippen molar-refractivity contribution in [1.29, 1.82) is 0 Å². The lowest BCUT2D eigenvalue weighted by atomic mass is 10.0. The van der Waals surface area contributed by atoms with Crippen LogP contribution in [0, 0.1) is 0 Å². The molecule has 0 bridgehead atoms. The van der Waals surface area contributed by atoms with Gasteiger partial charge in [-0.05, 0) is 44.6 Å². The highest BCUT2D eigenvalue weighted by Gasteiger charge is 2.20. The number of benzene rings is 1. The molecule has 1 unspecified atom stereocenters. The summed E-state index contributed by atoms with van der Waals surface area (Å²) in [5, 5.41) is 3.34. The minimum Gasteiger partial charge on any atom is -0.493 e. The van der Waals surface area contributed by atoms with E-state index in [4.69, 9.17) is 9.47 Å². The van der Waals surface area contributed by atoms with E-state index in [1.807, 2.05) is 6.07 Å². The van der Waals surface area contributed by atoms with E-state index < -0.39 is 0 Å². The number of nitrogens with one attached hydrogen (secondary N) is 1. The molecule has 1 aromatic rings. The van der Waals surface area contributed by atoms with E-state index in [0.29, 0.717) is 5.92 Å². The standard InChI is InChI=1S/C11H15NO2.C5H11N/c1-7-6-12-9-5-11(14-3)10(13-2)4-8(7)9;1-6-4-2-3-5-6/h4-5,7,12H,6H2,1-3H3;2-5H2,1H3. The molecule has 4 heteroatoms. The quantitative estimate of drug-likeness (QED) is 0.902. The third-order valence-corrected chi connectivity index (χ3v) is 4.01. The average molecular weight is 278 g/mol. The summed E-state index contributed by atoms with van der Waals surface area (Å²) in [5.74, 6) is 2.14. The molecule has 1 N–H and O–H groups in total. The van der Waals surface area contributed by atoms with Crippen molar-refractivity contribution in [3.63, 3.8) is 0 Å². The van der Waals surface area contributed by atoms with Gasteiger partial charge in [-0.1, -0.05) is 6.92 Å². The first-order chi connectivity index (χ1) is 9.65. The van der Waals surface area contributed by atoms with Gasteiger partial charge in [0.1, 0.15) is 0 Å². The normalized spacial score (nSPS) is 20.7. The van der Waals surface area contributed by atoms with Gasteiger partial charge in [0.15, 0.2) is 11.5 Å². The van der Waals surface area contributed by atoms with Crippen LogP contribution in [-0.2, 0) is 0 Å². The van der Waals surface area contributed by atoms with E-state index in [2.05, 4.69) is 30.3 Å². The number of likely N-dealkylation sites (tertiary alicyclic amines) is 1. The van der Waals surface area contributed by atoms with Gasteiger partial charge in [0, 0.05) is 24.2 Å². The predicted molar refractivity (Wildman–Crippen MR) is 83.2 cm³/mol. The first-order valence-electron chi connectivity index (χ1n) is 7.34. The number of nitrogens with zero attached hydrogens (tertiary/aromatic N) is 1. The Kier molecular flexibility index (Phi) is 5.12. The van der Waals surface area contributed by atoms with Gasteiger partial charge in [-0.3, -0.25) is 0 Å². The second kappa shape index (κ2) is 6.84. The minimum absolute atomic E-state index is 0.546. The van der Waals surface area contributed by atoms with E-state index in [1.165, 1.54) is 31.5 Å². The molecule has 1 fully saturated rings. The Morgan fingerprint density at radius 1 is 1.10 bits per heavy atom. The third-order valence-electron chi connectivity index (χ3n) is 4.01. The van der Waals surface area contributed by atoms with E-state index >= 15 is 0 Å². The van der Waals surface area contributed by atoms with Crippen molar-refractivity contribution >= 4 is 5.69 Å². The maximum atomic E-state index is 5.26. The summed E-state index contributed by atoms with van der Waals surface area (Å²) < 4.78 is 10.5. The van der Waals surface area contributed by atoms with Crippen LogP contribution in [0.15, 0.2) is 12.1 Å². The molecule has 20 heavy (non-hydrogen) atoms. The molecule has 4 nitrogen and oxygen atoms in total. The Hall–Kier alpha value is -1.42. The van der Waals surface area contributed by atoms with Gasteiger partial charge in [0.05, 0.1) is 14.2 Å². The summed E-state index contributed by atoms with van der Waals surface area (Å²) in [6.07, 6.45) is 2.83. The number of fused-ring (bicyclic) bond motifs is 1. The number of rotatable bonds is 2. The van der Waals surface area contributed by atoms with E-state index in [1.54, 1.807) is 14.2 Å². The second-order valence-corrected chi connectivity index (χ2v) is 5.59. The Labute approximate surface area is 122 Å². The largest absolute Gasteiger partial charge is 0.493 e. The summed E-state index contributed by atoms with van der Waals surface area (Å²) >= 11 is 0. The van der Waals surface area contributed by atoms with Crippen molar-refractivity contribution in [3.8, 4) is 11.5 Å². The maximum Gasteiger partial charge on any atom is 0.162 e. The monoisotopic (exact) mass is 278 g/mol. The molecule has 1 saturated heterocycles. The fourth-order valence-corrected chi connectivity index (χ4v) is 2.70. The Balaban J connectivity index is 0.000000205. The van der Waals surface area contributed by atoms with Gasteiger partial charge < -0.3 is 19.7 Å². The lowest BCUT2D eigenvalue weighted by Gasteiger charge is -2.10. The number of hydrogen-bond acceptors (Lipinski definition) is 4. The molecule has 0 amide bonds. The summed E-state index contributed by atoms with van der Waals surface area (Å²) in [6, 6.07) is 4.05. The van der Waals surface area contributed by atoms with Crippen LogP contribution in [-0.4, -0.2) is 45.8 Å². The van der Waals surface area contributed by atoms with E-state index in [0.717, 1.165) is 23.7 Å². The molecule has 0 aliphatic carbocycles. The number of hydrogen-bond donors (Lipinski definition) is 1. The van der Waals surface area contributed by atoms with Crippen LogP contribution in [0.5, 0.6) is 11.5 Å². The van der Waals surface area contributed by atoms with Crippen molar-refractivity contribution in [2.45, 2.75) is 25.7 Å². The highest BCUT2D eigenvalue weighted by molar-refractivity contribution is 5.64. The molecule has 1 aromatic carbocycles. The molecular weight excluding hydrogens is 252 g/mol. The number of anilines is 1. The zero-order valence-corrected chi connectivity index (χ0v) is 13.0. The number of methoxy groups -OCH3 is 2. The van der Waals surface area contributed by atoms with Crippen LogP contribution in [0.2, 0.25) is 0 Å². The van der Waals surface area contributed by atoms with Gasteiger partial charge in [0.2, 0.25) is 0 Å². The summed E-state index contributed by atoms with van der Waals surface area (Å²) in [7, 11) is 5.49. The van der Waals surface area contributed by atoms with Gasteiger partial charge in [-0.25, -0.2) is 0 Å². The first-order valence-corrected chi connectivity index (χ1v) is 7.34. The lowest BCUT2D eigenvalue weighted by Crippen LogP contribution is -2.10. The van der Waals surface area contributed by atoms with Crippen LogP contribution < -0.4 is 14.8 Å². The van der Waals surface area contributed by atoms with Gasteiger partial charge in [0.25, 0.3) is 0 Å². The van der Waals surface area contributed by atoms with Crippen LogP contribution in [0.25, 0.3) is 0 Å². The fraction of sp³-hybridized carbons (Fsp3) is 0.625. The Bertz CT molecular complexity index is 442. The average Bonchev–Trinajstić information content (AvgIpc) is 3.08. The first kappa shape index (κ1) is 15.0. The summed E-state index contributed by atoms with van der Waals surface area (Å²) in [4.78, 5) is 2.36. The highest BCUT2D eigenvalue weighted by Crippen LogP contribution is 2.39. The molecule has 112 valence electrons. The smallest absolute Gasteiger partial charge is 0.162 e. The third kappa shape index (κ3) is 3.37. The zero-order chi connectivity index (χ0) is 14.5. The minimum atomic E-state index is 0.546. The van der Waals surface area contributed by atoms with Crippen LogP contribution in [0.1, 0.15) is 31.2 Å². The topological polar surface area (TPSA) is 33.7 Å². The highest BCUT2D eigenvalue weighted by atomic mass is 16.5. The van der Waals surface area contributed by atoms with Crippen molar-refractivity contribution in [2.75, 3.05) is 46.2 Å². The number of ether oxygens (including phenoxy) is 2. The maximum absolute atomic E-state index is 5.26. The van der Waals surface area contributed by atoms with Crippen molar-refractivity contribution in [1.82, 2.24) is 4.90 Å². The Morgan fingerprint density at radius 3 is 2.20 bits per heavy atom.